The van der Waals surface area contributed by atoms with Crippen molar-refractivity contribution in [2.75, 3.05) is 39.5 Å². The quantitative estimate of drug-likeness (QED) is 0.766. The van der Waals surface area contributed by atoms with Gasteiger partial charge in [-0.1, -0.05) is 18.2 Å². The van der Waals surface area contributed by atoms with Crippen molar-refractivity contribution >= 4 is 0 Å². The smallest absolute Gasteiger partial charge is 0.119 e. The number of hydrogen-bond acceptors (Lipinski definition) is 5. The van der Waals surface area contributed by atoms with E-state index < -0.39 is 6.10 Å². The number of aliphatic hydroxyl groups excluding tert-OH is 2. The highest BCUT2D eigenvalue weighted by Gasteiger charge is 2.28. The van der Waals surface area contributed by atoms with Crippen LogP contribution >= 0.6 is 0 Å². The first-order valence-electron chi connectivity index (χ1n) is 6.60. The zero-order valence-corrected chi connectivity index (χ0v) is 10.9. The molecule has 1 aliphatic rings. The van der Waals surface area contributed by atoms with E-state index in [1.54, 1.807) is 0 Å². The topological polar surface area (TPSA) is 62.2 Å². The third-order valence-corrected chi connectivity index (χ3v) is 3.30. The normalized spacial score (nSPS) is 22.1. The fourth-order valence-electron chi connectivity index (χ4n) is 2.21. The number of benzene rings is 1. The van der Waals surface area contributed by atoms with Gasteiger partial charge < -0.3 is 19.7 Å². The second-order valence-corrected chi connectivity index (χ2v) is 4.59. The van der Waals surface area contributed by atoms with Crippen molar-refractivity contribution in [3.63, 3.8) is 0 Å². The van der Waals surface area contributed by atoms with Crippen LogP contribution in [0.3, 0.4) is 0 Å². The molecule has 1 aromatic carbocycles. The molecule has 1 heterocycles. The summed E-state index contributed by atoms with van der Waals surface area (Å²) in [5.41, 5.74) is 0. The lowest BCUT2D eigenvalue weighted by molar-refractivity contribution is -0.0742. The van der Waals surface area contributed by atoms with Gasteiger partial charge in [-0.25, -0.2) is 0 Å². The number of hydrogen-bond donors (Lipinski definition) is 2. The lowest BCUT2D eigenvalue weighted by Crippen LogP contribution is -2.53. The first-order valence-corrected chi connectivity index (χ1v) is 6.60. The Morgan fingerprint density at radius 1 is 1.37 bits per heavy atom. The van der Waals surface area contributed by atoms with Crippen LogP contribution in [-0.4, -0.2) is 66.8 Å². The third kappa shape index (κ3) is 4.18. The lowest BCUT2D eigenvalue weighted by Gasteiger charge is -2.37. The van der Waals surface area contributed by atoms with Crippen LogP contribution in [0.2, 0.25) is 0 Å². The number of para-hydroxylation sites is 1. The fraction of sp³-hybridized carbons (Fsp3) is 0.571. The Morgan fingerprint density at radius 2 is 2.16 bits per heavy atom. The summed E-state index contributed by atoms with van der Waals surface area (Å²) in [6.07, 6.45) is -0.767. The van der Waals surface area contributed by atoms with Crippen molar-refractivity contribution in [1.29, 1.82) is 0 Å². The van der Waals surface area contributed by atoms with Crippen LogP contribution < -0.4 is 4.74 Å². The van der Waals surface area contributed by atoms with Crippen LogP contribution in [0.15, 0.2) is 30.3 Å². The summed E-state index contributed by atoms with van der Waals surface area (Å²) in [6, 6.07) is 9.49. The Bertz CT molecular complexity index is 360. The first kappa shape index (κ1) is 14.3. The van der Waals surface area contributed by atoms with Gasteiger partial charge in [-0.3, -0.25) is 4.90 Å². The van der Waals surface area contributed by atoms with E-state index in [9.17, 15) is 5.11 Å². The summed E-state index contributed by atoms with van der Waals surface area (Å²) in [5.74, 6) is 0.843. The molecule has 0 aliphatic carbocycles. The largest absolute Gasteiger partial charge is 0.492 e. The summed E-state index contributed by atoms with van der Waals surface area (Å²) in [7, 11) is 0. The van der Waals surface area contributed by atoms with E-state index in [4.69, 9.17) is 14.6 Å². The molecule has 5 heteroatoms. The summed E-state index contributed by atoms with van der Waals surface area (Å²) in [6.45, 7) is 2.87. The second-order valence-electron chi connectivity index (χ2n) is 4.59. The Labute approximate surface area is 113 Å². The van der Waals surface area contributed by atoms with Crippen molar-refractivity contribution in [2.45, 2.75) is 12.1 Å². The molecular weight excluding hydrogens is 246 g/mol. The minimum atomic E-state index is -0.767. The molecule has 0 saturated carbocycles. The molecule has 106 valence electrons. The molecule has 2 atom stereocenters. The minimum absolute atomic E-state index is 0.155. The highest BCUT2D eigenvalue weighted by Crippen LogP contribution is 2.12. The van der Waals surface area contributed by atoms with Crippen molar-refractivity contribution in [3.8, 4) is 5.75 Å². The molecule has 0 radical (unpaired) electrons. The van der Waals surface area contributed by atoms with E-state index in [1.165, 1.54) is 0 Å². The summed E-state index contributed by atoms with van der Waals surface area (Å²) < 4.78 is 11.0. The SMILES string of the molecule is OC[C@H](O)[C@H]1COCCN1CCOc1ccccc1. The monoisotopic (exact) mass is 267 g/mol. The predicted octanol–water partition coefficient (Wildman–Crippen LogP) is 0.119. The van der Waals surface area contributed by atoms with Gasteiger partial charge >= 0.3 is 0 Å². The van der Waals surface area contributed by atoms with Crippen molar-refractivity contribution in [3.05, 3.63) is 30.3 Å². The highest BCUT2D eigenvalue weighted by molar-refractivity contribution is 5.20. The average Bonchev–Trinajstić information content (AvgIpc) is 2.48. The maximum absolute atomic E-state index is 9.76. The zero-order chi connectivity index (χ0) is 13.5. The second kappa shape index (κ2) is 7.45. The van der Waals surface area contributed by atoms with Crippen LogP contribution in [0.25, 0.3) is 0 Å². The van der Waals surface area contributed by atoms with Crippen molar-refractivity contribution in [2.24, 2.45) is 0 Å². The summed E-state index contributed by atoms with van der Waals surface area (Å²) in [4.78, 5) is 2.10. The van der Waals surface area contributed by atoms with Gasteiger partial charge in [-0.15, -0.1) is 0 Å². The van der Waals surface area contributed by atoms with Crippen LogP contribution in [0.1, 0.15) is 0 Å². The van der Waals surface area contributed by atoms with Crippen LogP contribution in [-0.2, 0) is 4.74 Å². The van der Waals surface area contributed by atoms with Crippen LogP contribution in [0.4, 0.5) is 0 Å². The molecule has 5 nitrogen and oxygen atoms in total. The molecule has 0 bridgehead atoms. The zero-order valence-electron chi connectivity index (χ0n) is 10.9. The third-order valence-electron chi connectivity index (χ3n) is 3.30. The van der Waals surface area contributed by atoms with Crippen LogP contribution in [0, 0.1) is 0 Å². The number of nitrogens with zero attached hydrogens (tertiary/aromatic N) is 1. The fourth-order valence-corrected chi connectivity index (χ4v) is 2.21. The molecule has 2 rings (SSSR count). The molecule has 0 aromatic heterocycles. The molecule has 1 aliphatic heterocycles. The molecule has 0 unspecified atom stereocenters. The molecule has 2 N–H and O–H groups in total. The number of morpholine rings is 1. The van der Waals surface area contributed by atoms with E-state index in [0.717, 1.165) is 12.3 Å². The lowest BCUT2D eigenvalue weighted by atomic mass is 10.1. The van der Waals surface area contributed by atoms with Crippen molar-refractivity contribution in [1.82, 2.24) is 4.90 Å². The number of rotatable bonds is 6. The molecule has 0 spiro atoms. The summed E-state index contributed by atoms with van der Waals surface area (Å²) >= 11 is 0. The van der Waals surface area contributed by atoms with Gasteiger partial charge in [0, 0.05) is 13.1 Å². The Kier molecular flexibility index (Phi) is 5.60. The Balaban J connectivity index is 1.79. The maximum Gasteiger partial charge on any atom is 0.119 e. The minimum Gasteiger partial charge on any atom is -0.492 e. The standard InChI is InChI=1S/C14H21NO4/c16-10-14(17)13-11-18-8-6-15(13)7-9-19-12-4-2-1-3-5-12/h1-5,13-14,16-17H,6-11H2/t13-,14+/m1/s1. The average molecular weight is 267 g/mol. The van der Waals surface area contributed by atoms with Gasteiger partial charge in [0.05, 0.1) is 32.0 Å². The van der Waals surface area contributed by atoms with E-state index in [0.29, 0.717) is 26.4 Å². The van der Waals surface area contributed by atoms with E-state index in [1.807, 2.05) is 30.3 Å². The molecule has 0 amide bonds. The molecular formula is C14H21NO4. The summed E-state index contributed by atoms with van der Waals surface area (Å²) in [5, 5.41) is 18.8. The van der Waals surface area contributed by atoms with E-state index in [-0.39, 0.29) is 12.6 Å². The van der Waals surface area contributed by atoms with Crippen LogP contribution in [0.5, 0.6) is 5.75 Å². The van der Waals surface area contributed by atoms with Gasteiger partial charge in [0.15, 0.2) is 0 Å². The first-order chi connectivity index (χ1) is 9.31. The highest BCUT2D eigenvalue weighted by atomic mass is 16.5. The number of aliphatic hydroxyl groups is 2. The Hall–Kier alpha value is -1.14. The van der Waals surface area contributed by atoms with Gasteiger partial charge in [0.2, 0.25) is 0 Å². The Morgan fingerprint density at radius 3 is 2.89 bits per heavy atom. The maximum atomic E-state index is 9.76. The van der Waals surface area contributed by atoms with Gasteiger partial charge in [0.1, 0.15) is 12.4 Å². The van der Waals surface area contributed by atoms with E-state index >= 15 is 0 Å². The predicted molar refractivity (Wildman–Crippen MR) is 71.2 cm³/mol. The molecule has 19 heavy (non-hydrogen) atoms. The molecule has 1 aromatic rings. The van der Waals surface area contributed by atoms with Crippen molar-refractivity contribution < 1.29 is 19.7 Å². The van der Waals surface area contributed by atoms with Gasteiger partial charge in [-0.2, -0.15) is 0 Å². The van der Waals surface area contributed by atoms with Gasteiger partial charge in [-0.05, 0) is 12.1 Å². The van der Waals surface area contributed by atoms with E-state index in [2.05, 4.69) is 4.90 Å². The number of ether oxygens (including phenoxy) is 2. The van der Waals surface area contributed by atoms with Gasteiger partial charge in [0.25, 0.3) is 0 Å². The molecule has 1 fully saturated rings. The molecule has 1 saturated heterocycles.